The number of carbonyl (C=O) groups is 4. The zero-order chi connectivity index (χ0) is 26.2. The highest BCUT2D eigenvalue weighted by atomic mass is 35.5. The van der Waals surface area contributed by atoms with Gasteiger partial charge in [0.05, 0.1) is 17.5 Å². The van der Waals surface area contributed by atoms with E-state index >= 15 is 0 Å². The Morgan fingerprint density at radius 1 is 0.919 bits per heavy atom. The molecular weight excluding hydrogens is 513 g/mol. The van der Waals surface area contributed by atoms with Gasteiger partial charge in [0.15, 0.2) is 11.6 Å². The van der Waals surface area contributed by atoms with E-state index in [1.165, 1.54) is 17.0 Å². The van der Waals surface area contributed by atoms with Crippen LogP contribution in [0.3, 0.4) is 0 Å². The molecule has 6 rings (SSSR count). The number of allylic oxidation sites excluding steroid dienone is 6. The fourth-order valence-corrected chi connectivity index (χ4v) is 6.62. The number of phenolic OH excluding ortho intramolecular Hbond substituents is 1. The Kier molecular flexibility index (Phi) is 5.51. The Morgan fingerprint density at radius 3 is 2.35 bits per heavy atom. The average Bonchev–Trinajstić information content (AvgIpc) is 3.13. The molecule has 0 unspecified atom stereocenters. The van der Waals surface area contributed by atoms with Crippen LogP contribution in [-0.2, 0) is 19.2 Å². The summed E-state index contributed by atoms with van der Waals surface area (Å²) in [5.74, 6) is -3.77. The van der Waals surface area contributed by atoms with Gasteiger partial charge in [-0.3, -0.25) is 24.1 Å². The number of imide groups is 1. The van der Waals surface area contributed by atoms with E-state index in [-0.39, 0.29) is 35.6 Å². The molecule has 0 spiro atoms. The standard InChI is InChI=1S/C29H21Cl2NO5/c1-13-10-23(34)21-12-19-17(24(26(21)27(13)35)20-11-15(31)4-9-22(20)33)7-8-18-25(19)29(37)32(28(18)36)16-5-2-14(30)3-6-16/h2-7,9-11,18-19,24-25,33H,8,12H2,1H3/t18-,19+,24+,25-/m0/s1. The zero-order valence-electron chi connectivity index (χ0n) is 19.7. The van der Waals surface area contributed by atoms with Crippen molar-refractivity contribution in [3.05, 3.63) is 92.5 Å². The number of anilines is 1. The van der Waals surface area contributed by atoms with E-state index in [9.17, 15) is 24.3 Å². The predicted octanol–water partition coefficient (Wildman–Crippen LogP) is 5.33. The maximum absolute atomic E-state index is 13.8. The van der Waals surface area contributed by atoms with Crippen molar-refractivity contribution < 1.29 is 24.3 Å². The first-order chi connectivity index (χ1) is 17.7. The predicted molar refractivity (Wildman–Crippen MR) is 138 cm³/mol. The topological polar surface area (TPSA) is 91.8 Å². The summed E-state index contributed by atoms with van der Waals surface area (Å²) in [4.78, 5) is 55.0. The quantitative estimate of drug-likeness (QED) is 0.320. The molecule has 37 heavy (non-hydrogen) atoms. The minimum atomic E-state index is -0.749. The molecule has 2 aromatic rings. The van der Waals surface area contributed by atoms with E-state index < -0.39 is 23.7 Å². The molecule has 2 aromatic carbocycles. The van der Waals surface area contributed by atoms with Crippen LogP contribution < -0.4 is 4.90 Å². The molecule has 1 fully saturated rings. The monoisotopic (exact) mass is 533 g/mol. The molecule has 2 amide bonds. The largest absolute Gasteiger partial charge is 0.508 e. The highest BCUT2D eigenvalue weighted by Crippen LogP contribution is 2.56. The highest BCUT2D eigenvalue weighted by molar-refractivity contribution is 6.31. The van der Waals surface area contributed by atoms with E-state index in [0.717, 1.165) is 5.57 Å². The van der Waals surface area contributed by atoms with E-state index in [1.807, 2.05) is 6.08 Å². The maximum atomic E-state index is 13.8. The smallest absolute Gasteiger partial charge is 0.238 e. The van der Waals surface area contributed by atoms with Gasteiger partial charge in [-0.1, -0.05) is 34.9 Å². The van der Waals surface area contributed by atoms with Crippen molar-refractivity contribution in [1.82, 2.24) is 0 Å². The van der Waals surface area contributed by atoms with E-state index in [1.54, 1.807) is 43.3 Å². The summed E-state index contributed by atoms with van der Waals surface area (Å²) < 4.78 is 0. The number of nitrogens with zero attached hydrogens (tertiary/aromatic N) is 1. The van der Waals surface area contributed by atoms with Gasteiger partial charge in [-0.2, -0.15) is 0 Å². The van der Waals surface area contributed by atoms with Crippen LogP contribution in [0.15, 0.2) is 76.9 Å². The number of aromatic hydroxyl groups is 1. The van der Waals surface area contributed by atoms with Gasteiger partial charge in [0.1, 0.15) is 5.75 Å². The summed E-state index contributed by atoms with van der Waals surface area (Å²) in [6, 6.07) is 11.1. The number of fused-ring (bicyclic) bond motifs is 3. The molecule has 0 bridgehead atoms. The van der Waals surface area contributed by atoms with Crippen LogP contribution >= 0.6 is 23.2 Å². The number of rotatable bonds is 2. The second-order valence-corrected chi connectivity index (χ2v) is 10.8. The number of hydrogen-bond acceptors (Lipinski definition) is 5. The third kappa shape index (κ3) is 3.54. The molecule has 1 N–H and O–H groups in total. The van der Waals surface area contributed by atoms with Gasteiger partial charge < -0.3 is 5.11 Å². The SMILES string of the molecule is CC1=CC(=O)C2=C(C1=O)[C@@H](c1cc(Cl)ccc1O)C1=CC[C@@H]3C(=O)N(c4ccc(Cl)cc4)C(=O)[C@@H]3[C@@H]1C2. The molecule has 1 saturated heterocycles. The normalized spacial score (nSPS) is 27.1. The molecule has 8 heteroatoms. The van der Waals surface area contributed by atoms with Gasteiger partial charge in [-0.05, 0) is 74.2 Å². The lowest BCUT2D eigenvalue weighted by molar-refractivity contribution is -0.123. The van der Waals surface area contributed by atoms with Crippen LogP contribution in [0.2, 0.25) is 10.0 Å². The number of carbonyl (C=O) groups excluding carboxylic acids is 4. The number of hydrogen-bond donors (Lipinski definition) is 1. The summed E-state index contributed by atoms with van der Waals surface area (Å²) in [5.41, 5.74) is 2.56. The maximum Gasteiger partial charge on any atom is 0.238 e. The minimum absolute atomic E-state index is 0.0611. The summed E-state index contributed by atoms with van der Waals surface area (Å²) in [6.45, 7) is 1.60. The lowest BCUT2D eigenvalue weighted by Gasteiger charge is -2.42. The van der Waals surface area contributed by atoms with Crippen LogP contribution in [0.1, 0.15) is 31.2 Å². The van der Waals surface area contributed by atoms with Crippen molar-refractivity contribution in [3.8, 4) is 5.75 Å². The zero-order valence-corrected chi connectivity index (χ0v) is 21.2. The molecule has 186 valence electrons. The third-order valence-electron chi connectivity index (χ3n) is 7.95. The average molecular weight is 534 g/mol. The Bertz CT molecular complexity index is 1520. The van der Waals surface area contributed by atoms with Gasteiger partial charge in [0, 0.05) is 38.2 Å². The molecule has 0 saturated carbocycles. The van der Waals surface area contributed by atoms with Crippen molar-refractivity contribution in [2.75, 3.05) is 4.90 Å². The van der Waals surface area contributed by atoms with Crippen LogP contribution in [0.4, 0.5) is 5.69 Å². The molecule has 6 nitrogen and oxygen atoms in total. The second-order valence-electron chi connectivity index (χ2n) is 9.92. The summed E-state index contributed by atoms with van der Waals surface area (Å²) in [6.07, 6.45) is 3.71. The van der Waals surface area contributed by atoms with Crippen molar-refractivity contribution in [1.29, 1.82) is 0 Å². The van der Waals surface area contributed by atoms with E-state index in [4.69, 9.17) is 23.2 Å². The Hall–Kier alpha value is -3.48. The van der Waals surface area contributed by atoms with Crippen LogP contribution in [0.25, 0.3) is 0 Å². The second kappa shape index (κ2) is 8.54. The lowest BCUT2D eigenvalue weighted by Crippen LogP contribution is -2.39. The van der Waals surface area contributed by atoms with Gasteiger partial charge in [-0.25, -0.2) is 0 Å². The number of ketones is 2. The number of Topliss-reactive ketones (excluding diaryl/α,β-unsaturated/α-hetero) is 1. The number of amides is 2. The van der Waals surface area contributed by atoms with Gasteiger partial charge in [-0.15, -0.1) is 0 Å². The van der Waals surface area contributed by atoms with Crippen molar-refractivity contribution >= 4 is 52.3 Å². The summed E-state index contributed by atoms with van der Waals surface area (Å²) in [7, 11) is 0. The summed E-state index contributed by atoms with van der Waals surface area (Å²) in [5, 5.41) is 11.7. The van der Waals surface area contributed by atoms with Crippen molar-refractivity contribution in [2.45, 2.75) is 25.7 Å². The Balaban J connectivity index is 1.50. The minimum Gasteiger partial charge on any atom is -0.508 e. The summed E-state index contributed by atoms with van der Waals surface area (Å²) >= 11 is 12.3. The van der Waals surface area contributed by atoms with Crippen molar-refractivity contribution in [2.24, 2.45) is 17.8 Å². The van der Waals surface area contributed by atoms with Crippen LogP contribution in [0.5, 0.6) is 5.75 Å². The Morgan fingerprint density at radius 2 is 1.62 bits per heavy atom. The van der Waals surface area contributed by atoms with E-state index in [0.29, 0.717) is 44.4 Å². The first-order valence-electron chi connectivity index (χ1n) is 12.0. The molecule has 3 aliphatic carbocycles. The Labute approximate surface area is 222 Å². The fourth-order valence-electron chi connectivity index (χ4n) is 6.32. The fraction of sp³-hybridized carbons (Fsp3) is 0.241. The van der Waals surface area contributed by atoms with Gasteiger partial charge in [0.25, 0.3) is 0 Å². The first-order valence-corrected chi connectivity index (χ1v) is 12.7. The number of halogens is 2. The molecule has 1 heterocycles. The third-order valence-corrected chi connectivity index (χ3v) is 8.44. The molecule has 0 radical (unpaired) electrons. The number of phenols is 1. The van der Waals surface area contributed by atoms with E-state index in [2.05, 4.69) is 0 Å². The molecule has 0 aromatic heterocycles. The molecular formula is C29H21Cl2NO5. The molecule has 4 atom stereocenters. The van der Waals surface area contributed by atoms with Gasteiger partial charge >= 0.3 is 0 Å². The van der Waals surface area contributed by atoms with Gasteiger partial charge in [0.2, 0.25) is 11.8 Å². The lowest BCUT2D eigenvalue weighted by atomic mass is 9.59. The molecule has 4 aliphatic rings. The van der Waals surface area contributed by atoms with Crippen LogP contribution in [-0.4, -0.2) is 28.5 Å². The highest BCUT2D eigenvalue weighted by Gasteiger charge is 2.56. The number of benzene rings is 2. The van der Waals surface area contributed by atoms with Crippen LogP contribution in [0, 0.1) is 17.8 Å². The first kappa shape index (κ1) is 23.9. The van der Waals surface area contributed by atoms with Crippen molar-refractivity contribution in [3.63, 3.8) is 0 Å². The molecule has 1 aliphatic heterocycles.